The highest BCUT2D eigenvalue weighted by molar-refractivity contribution is 14.2. The van der Waals surface area contributed by atoms with Gasteiger partial charge in [0.2, 0.25) is 0 Å². The van der Waals surface area contributed by atoms with Crippen LogP contribution in [0.5, 0.6) is 5.75 Å². The molecule has 102 valence electrons. The van der Waals surface area contributed by atoms with Crippen molar-refractivity contribution >= 4 is 46.4 Å². The lowest BCUT2D eigenvalue weighted by Gasteiger charge is -2.09. The van der Waals surface area contributed by atoms with Crippen molar-refractivity contribution in [3.05, 3.63) is 43.0 Å². The van der Waals surface area contributed by atoms with Gasteiger partial charge in [0.15, 0.2) is 0 Å². The Morgan fingerprint density at radius 1 is 1.35 bits per heavy atom. The predicted molar refractivity (Wildman–Crippen MR) is 87.2 cm³/mol. The molecule has 1 heterocycles. The zero-order valence-corrected chi connectivity index (χ0v) is 13.5. The van der Waals surface area contributed by atoms with Gasteiger partial charge in [-0.15, -0.1) is 0 Å². The first kappa shape index (κ1) is 15.3. The van der Waals surface area contributed by atoms with Crippen molar-refractivity contribution in [1.82, 2.24) is 9.55 Å². The van der Waals surface area contributed by atoms with Gasteiger partial charge < -0.3 is 9.47 Å². The zero-order valence-electron chi connectivity index (χ0n) is 10.5. The molecule has 8 heteroatoms. The molecule has 5 nitrogen and oxygen atoms in total. The van der Waals surface area contributed by atoms with Crippen molar-refractivity contribution in [3.63, 3.8) is 0 Å². The van der Waals surface area contributed by atoms with E-state index in [1.807, 2.05) is 24.3 Å². The molecule has 2 radical (unpaired) electrons. The van der Waals surface area contributed by atoms with E-state index in [4.69, 9.17) is 17.0 Å². The van der Waals surface area contributed by atoms with Gasteiger partial charge in [-0.2, -0.15) is 0 Å². The Labute approximate surface area is 132 Å². The summed E-state index contributed by atoms with van der Waals surface area (Å²) >= 11 is 2.20. The normalized spacial score (nSPS) is 11.8. The summed E-state index contributed by atoms with van der Waals surface area (Å²) in [6.07, 6.45) is 3.95. The molecule has 0 N–H and O–H groups in total. The van der Waals surface area contributed by atoms with Crippen molar-refractivity contribution in [2.45, 2.75) is 0 Å². The summed E-state index contributed by atoms with van der Waals surface area (Å²) in [5.41, 5.74) is -0.617. The van der Waals surface area contributed by atoms with Crippen LogP contribution in [-0.2, 0) is 4.74 Å². The third-order valence-corrected chi connectivity index (χ3v) is 4.84. The summed E-state index contributed by atoms with van der Waals surface area (Å²) in [6, 6.07) is 7.58. The molecule has 2 rings (SSSR count). The number of hydrogen-bond acceptors (Lipinski definition) is 4. The van der Waals surface area contributed by atoms with Crippen LogP contribution in [0.1, 0.15) is 0 Å². The number of carbonyl (C=O) groups is 1. The molecule has 0 fully saturated rings. The Morgan fingerprint density at radius 3 is 2.70 bits per heavy atom. The maximum absolute atomic E-state index is 11.5. The third-order valence-electron chi connectivity index (χ3n) is 2.38. The molecule has 0 aliphatic carbocycles. The number of aromatic nitrogens is 2. The summed E-state index contributed by atoms with van der Waals surface area (Å²) in [5.74, 6) is 0.723. The average molecular weight is 400 g/mol. The lowest BCUT2D eigenvalue weighted by Crippen LogP contribution is -2.16. The standard InChI is InChI=1S/C12H11BIN2O3P/c13-20(14)11-3-1-10(2-4-11)18-7-8-19-12(17)16-6-5-15-9-16/h1-6,9H,7-8H2. The van der Waals surface area contributed by atoms with Gasteiger partial charge in [-0.1, -0.05) is 39.6 Å². The quantitative estimate of drug-likeness (QED) is 0.335. The van der Waals surface area contributed by atoms with Gasteiger partial charge in [0.05, 0.1) is 0 Å². The smallest absolute Gasteiger partial charge is 0.419 e. The van der Waals surface area contributed by atoms with Crippen LogP contribution in [0.2, 0.25) is 0 Å². The average Bonchev–Trinajstić information content (AvgIpc) is 2.98. The van der Waals surface area contributed by atoms with Gasteiger partial charge in [0.1, 0.15) is 32.9 Å². The Hall–Kier alpha value is -1.08. The van der Waals surface area contributed by atoms with Crippen molar-refractivity contribution < 1.29 is 14.3 Å². The molecule has 0 spiro atoms. The maximum atomic E-state index is 11.5. The molecule has 0 bridgehead atoms. The largest absolute Gasteiger partial charge is 0.490 e. The second-order valence-electron chi connectivity index (χ2n) is 3.74. The highest BCUT2D eigenvalue weighted by atomic mass is 127. The molecule has 1 unspecified atom stereocenters. The van der Waals surface area contributed by atoms with Crippen LogP contribution in [0.4, 0.5) is 4.79 Å². The van der Waals surface area contributed by atoms with E-state index in [1.165, 1.54) is 23.3 Å². The van der Waals surface area contributed by atoms with Gasteiger partial charge in [-0.05, 0) is 17.4 Å². The maximum Gasteiger partial charge on any atom is 0.419 e. The minimum absolute atomic E-state index is 0.175. The fraction of sp³-hybridized carbons (Fsp3) is 0.167. The second-order valence-corrected chi connectivity index (χ2v) is 8.00. The number of carbonyl (C=O) groups excluding carboxylic acids is 1. The lowest BCUT2D eigenvalue weighted by molar-refractivity contribution is 0.126. The van der Waals surface area contributed by atoms with E-state index in [1.54, 1.807) is 0 Å². The third kappa shape index (κ3) is 4.49. The van der Waals surface area contributed by atoms with E-state index in [0.29, 0.717) is 6.61 Å². The molecule has 0 saturated carbocycles. The summed E-state index contributed by atoms with van der Waals surface area (Å²) in [7, 11) is 5.81. The van der Waals surface area contributed by atoms with Gasteiger partial charge in [0.25, 0.3) is 0 Å². The molecule has 1 aromatic carbocycles. The summed E-state index contributed by atoms with van der Waals surface area (Å²) < 4.78 is 11.7. The van der Waals surface area contributed by atoms with Crippen LogP contribution in [-0.4, -0.2) is 36.4 Å². The molecular weight excluding hydrogens is 389 g/mol. The molecule has 0 saturated heterocycles. The predicted octanol–water partition coefficient (Wildman–Crippen LogP) is 2.49. The minimum atomic E-state index is -0.617. The molecule has 1 aromatic heterocycles. The first-order chi connectivity index (χ1) is 9.66. The lowest BCUT2D eigenvalue weighted by atomic mass is 10.3. The van der Waals surface area contributed by atoms with Crippen molar-refractivity contribution in [1.29, 1.82) is 0 Å². The van der Waals surface area contributed by atoms with Crippen LogP contribution in [0.15, 0.2) is 43.0 Å². The Kier molecular flexibility index (Phi) is 5.85. The minimum Gasteiger partial charge on any atom is -0.490 e. The number of imidazole rings is 1. The van der Waals surface area contributed by atoms with Crippen LogP contribution in [0.3, 0.4) is 0 Å². The molecule has 0 aliphatic rings. The fourth-order valence-corrected chi connectivity index (χ4v) is 2.81. The van der Waals surface area contributed by atoms with Crippen LogP contribution >= 0.6 is 27.5 Å². The van der Waals surface area contributed by atoms with Crippen molar-refractivity contribution in [2.24, 2.45) is 0 Å². The first-order valence-electron chi connectivity index (χ1n) is 5.75. The van der Waals surface area contributed by atoms with Gasteiger partial charge >= 0.3 is 6.09 Å². The fourth-order valence-electron chi connectivity index (χ4n) is 1.41. The van der Waals surface area contributed by atoms with E-state index in [0.717, 1.165) is 11.1 Å². The highest BCUT2D eigenvalue weighted by Gasteiger charge is 2.04. The van der Waals surface area contributed by atoms with Gasteiger partial charge in [-0.3, -0.25) is 0 Å². The topological polar surface area (TPSA) is 53.4 Å². The van der Waals surface area contributed by atoms with E-state index in [-0.39, 0.29) is 6.61 Å². The van der Waals surface area contributed by atoms with Crippen LogP contribution in [0.25, 0.3) is 0 Å². The molecule has 20 heavy (non-hydrogen) atoms. The summed E-state index contributed by atoms with van der Waals surface area (Å²) in [4.78, 5) is 15.2. The van der Waals surface area contributed by atoms with Crippen molar-refractivity contribution in [2.75, 3.05) is 13.2 Å². The van der Waals surface area contributed by atoms with Gasteiger partial charge in [-0.25, -0.2) is 14.3 Å². The molecular formula is C12H11BIN2O3P. The van der Waals surface area contributed by atoms with E-state index in [9.17, 15) is 4.79 Å². The molecule has 2 aromatic rings. The van der Waals surface area contributed by atoms with Gasteiger partial charge in [0, 0.05) is 12.4 Å². The summed E-state index contributed by atoms with van der Waals surface area (Å²) in [5, 5.41) is 1.10. The van der Waals surface area contributed by atoms with Crippen LogP contribution < -0.4 is 10.0 Å². The Bertz CT molecular complexity index is 548. The van der Waals surface area contributed by atoms with E-state index in [2.05, 4.69) is 27.0 Å². The second kappa shape index (κ2) is 7.64. The highest BCUT2D eigenvalue weighted by Crippen LogP contribution is 2.37. The first-order valence-corrected chi connectivity index (χ1v) is 9.95. The number of nitrogens with zero attached hydrogens (tertiary/aromatic N) is 2. The molecule has 1 atom stereocenters. The number of rotatable bonds is 5. The monoisotopic (exact) mass is 400 g/mol. The molecule has 0 aliphatic heterocycles. The summed E-state index contributed by atoms with van der Waals surface area (Å²) in [6.45, 7) is 0.468. The van der Waals surface area contributed by atoms with Crippen LogP contribution in [0, 0.1) is 0 Å². The Balaban J connectivity index is 1.72. The number of benzene rings is 1. The van der Waals surface area contributed by atoms with E-state index >= 15 is 0 Å². The number of hydrogen-bond donors (Lipinski definition) is 0. The van der Waals surface area contributed by atoms with Crippen molar-refractivity contribution in [3.8, 4) is 5.75 Å². The zero-order chi connectivity index (χ0) is 14.4. The number of halogens is 1. The van der Waals surface area contributed by atoms with E-state index < -0.39 is 11.5 Å². The number of ether oxygens (including phenoxy) is 2. The SMILES string of the molecule is [B]P(I)c1ccc(OCCOC(=O)n2ccnc2)cc1. The Morgan fingerprint density at radius 2 is 2.10 bits per heavy atom. The molecule has 0 amide bonds.